The molecule has 0 aliphatic carbocycles. The summed E-state index contributed by atoms with van der Waals surface area (Å²) >= 11 is 0. The lowest BCUT2D eigenvalue weighted by Crippen LogP contribution is -2.50. The Balaban J connectivity index is 1.49. The van der Waals surface area contributed by atoms with Gasteiger partial charge >= 0.3 is 6.03 Å². The van der Waals surface area contributed by atoms with E-state index in [1.54, 1.807) is 36.4 Å². The Morgan fingerprint density at radius 1 is 0.950 bits per heavy atom. The number of para-hydroxylation sites is 1. The number of benzodiazepines with no additional fused rings is 1. The third-order valence-electron chi connectivity index (χ3n) is 6.40. The number of nitrogens with zero attached hydrogens (tertiary/aromatic N) is 5. The first-order valence-corrected chi connectivity index (χ1v) is 12.7. The molecule has 1 aliphatic heterocycles. The molecule has 0 spiro atoms. The zero-order valence-corrected chi connectivity index (χ0v) is 22.3. The smallest absolute Gasteiger partial charge is 0.308 e. The number of amides is 3. The SMILES string of the molecule is CC(C)(C)C(=O)CN1C(=O)C(NC(=O)Nc2cccc(-c3nnn[nH]3)c2)N=C(c2ccccc2)c2ccccc21. The van der Waals surface area contributed by atoms with Crippen molar-refractivity contribution in [2.24, 2.45) is 10.4 Å². The Kier molecular flexibility index (Phi) is 7.19. The average Bonchev–Trinajstić information content (AvgIpc) is 3.46. The van der Waals surface area contributed by atoms with Gasteiger partial charge in [-0.3, -0.25) is 9.59 Å². The van der Waals surface area contributed by atoms with Crippen molar-refractivity contribution in [3.8, 4) is 11.4 Å². The third-order valence-corrected chi connectivity index (χ3v) is 6.40. The van der Waals surface area contributed by atoms with Crippen LogP contribution in [-0.2, 0) is 9.59 Å². The van der Waals surface area contributed by atoms with Crippen LogP contribution in [0.3, 0.4) is 0 Å². The number of fused-ring (bicyclic) bond motifs is 1. The van der Waals surface area contributed by atoms with E-state index in [0.717, 1.165) is 5.56 Å². The maximum atomic E-state index is 13.9. The molecule has 202 valence electrons. The van der Waals surface area contributed by atoms with Crippen LogP contribution >= 0.6 is 0 Å². The molecule has 0 bridgehead atoms. The van der Waals surface area contributed by atoms with Crippen LogP contribution in [0.1, 0.15) is 31.9 Å². The molecule has 2 heterocycles. The lowest BCUT2D eigenvalue weighted by atomic mass is 9.90. The summed E-state index contributed by atoms with van der Waals surface area (Å²) in [5.74, 6) is -0.203. The molecule has 5 rings (SSSR count). The van der Waals surface area contributed by atoms with Crippen molar-refractivity contribution in [2.45, 2.75) is 26.9 Å². The van der Waals surface area contributed by atoms with E-state index in [4.69, 9.17) is 4.99 Å². The first-order chi connectivity index (χ1) is 19.2. The number of aromatic nitrogens is 4. The fourth-order valence-electron chi connectivity index (χ4n) is 4.21. The van der Waals surface area contributed by atoms with Gasteiger partial charge in [-0.25, -0.2) is 14.9 Å². The fourth-order valence-corrected chi connectivity index (χ4v) is 4.21. The van der Waals surface area contributed by atoms with Crippen molar-refractivity contribution in [3.63, 3.8) is 0 Å². The van der Waals surface area contributed by atoms with E-state index >= 15 is 0 Å². The van der Waals surface area contributed by atoms with Crippen LogP contribution in [0.25, 0.3) is 11.4 Å². The Bertz CT molecular complexity index is 1580. The van der Waals surface area contributed by atoms with E-state index in [1.165, 1.54) is 4.90 Å². The van der Waals surface area contributed by atoms with Gasteiger partial charge < -0.3 is 15.5 Å². The number of Topliss-reactive ketones (excluding diaryl/α,β-unsaturated/α-hetero) is 1. The molecule has 3 N–H and O–H groups in total. The highest BCUT2D eigenvalue weighted by Gasteiger charge is 2.36. The molecule has 0 fully saturated rings. The van der Waals surface area contributed by atoms with Gasteiger partial charge in [-0.05, 0) is 28.6 Å². The van der Waals surface area contributed by atoms with Gasteiger partial charge in [-0.2, -0.15) is 0 Å². The second-order valence-electron chi connectivity index (χ2n) is 10.3. The highest BCUT2D eigenvalue weighted by atomic mass is 16.2. The number of nitrogens with one attached hydrogen (secondary N) is 3. The molecule has 40 heavy (non-hydrogen) atoms. The predicted octanol–water partition coefficient (Wildman–Crippen LogP) is 3.81. The molecule has 1 aliphatic rings. The molecular weight excluding hydrogens is 508 g/mol. The summed E-state index contributed by atoms with van der Waals surface area (Å²) in [6.07, 6.45) is -1.29. The molecule has 1 aromatic heterocycles. The number of urea groups is 1. The molecule has 3 aromatic carbocycles. The maximum absolute atomic E-state index is 13.9. The van der Waals surface area contributed by atoms with Gasteiger partial charge in [0.2, 0.25) is 6.17 Å². The fraction of sp³-hybridized carbons (Fsp3) is 0.207. The molecule has 0 saturated carbocycles. The number of hydrogen-bond acceptors (Lipinski definition) is 7. The molecule has 4 aromatic rings. The average molecular weight is 537 g/mol. The van der Waals surface area contributed by atoms with Crippen LogP contribution in [-0.4, -0.2) is 56.8 Å². The lowest BCUT2D eigenvalue weighted by molar-refractivity contribution is -0.127. The lowest BCUT2D eigenvalue weighted by Gasteiger charge is -2.28. The quantitative estimate of drug-likeness (QED) is 0.342. The minimum atomic E-state index is -1.29. The van der Waals surface area contributed by atoms with E-state index in [9.17, 15) is 14.4 Å². The second-order valence-corrected chi connectivity index (χ2v) is 10.3. The molecule has 1 atom stereocenters. The van der Waals surface area contributed by atoms with Gasteiger partial charge in [0.1, 0.15) is 0 Å². The first kappa shape index (κ1) is 26.4. The molecule has 3 amide bonds. The monoisotopic (exact) mass is 536 g/mol. The van der Waals surface area contributed by atoms with Gasteiger partial charge in [-0.15, -0.1) is 5.10 Å². The second kappa shape index (κ2) is 10.9. The normalized spacial score (nSPS) is 15.1. The summed E-state index contributed by atoms with van der Waals surface area (Å²) in [5, 5.41) is 19.2. The van der Waals surface area contributed by atoms with Crippen molar-refractivity contribution < 1.29 is 14.4 Å². The van der Waals surface area contributed by atoms with Gasteiger partial charge in [-0.1, -0.05) is 81.4 Å². The topological polar surface area (TPSA) is 145 Å². The predicted molar refractivity (Wildman–Crippen MR) is 151 cm³/mol. The number of aromatic amines is 1. The van der Waals surface area contributed by atoms with Crippen LogP contribution < -0.4 is 15.5 Å². The zero-order chi connectivity index (χ0) is 28.3. The summed E-state index contributed by atoms with van der Waals surface area (Å²) < 4.78 is 0. The summed E-state index contributed by atoms with van der Waals surface area (Å²) in [6, 6.07) is 23.0. The van der Waals surface area contributed by atoms with E-state index in [1.807, 2.05) is 63.2 Å². The minimum absolute atomic E-state index is 0.124. The van der Waals surface area contributed by atoms with Gasteiger partial charge in [0.15, 0.2) is 11.6 Å². The van der Waals surface area contributed by atoms with E-state index in [2.05, 4.69) is 31.3 Å². The summed E-state index contributed by atoms with van der Waals surface area (Å²) in [4.78, 5) is 46.4. The Labute approximate surface area is 230 Å². The molecule has 0 radical (unpaired) electrons. The zero-order valence-electron chi connectivity index (χ0n) is 22.3. The Morgan fingerprint density at radius 3 is 2.40 bits per heavy atom. The van der Waals surface area contributed by atoms with Crippen LogP contribution in [0.5, 0.6) is 0 Å². The van der Waals surface area contributed by atoms with Crippen molar-refractivity contribution in [1.82, 2.24) is 25.9 Å². The number of rotatable bonds is 6. The minimum Gasteiger partial charge on any atom is -0.308 e. The molecule has 11 heteroatoms. The molecule has 1 unspecified atom stereocenters. The Hall–Kier alpha value is -5.19. The highest BCUT2D eigenvalue weighted by molar-refractivity contribution is 6.21. The third kappa shape index (κ3) is 5.63. The number of H-pyrrole nitrogens is 1. The number of aliphatic imine (C=N–C) groups is 1. The number of carbonyl (C=O) groups is 3. The summed E-state index contributed by atoms with van der Waals surface area (Å²) in [7, 11) is 0. The van der Waals surface area contributed by atoms with Crippen molar-refractivity contribution >= 4 is 34.8 Å². The standard InChI is InChI=1S/C29H28N8O3/c1-29(2,3)23(38)17-37-22-15-8-7-14-21(22)24(18-10-5-4-6-11-18)31-26(27(37)39)32-28(40)30-20-13-9-12-19(16-20)25-33-35-36-34-25/h4-16,26H,17H2,1-3H3,(H2,30,32,40)(H,33,34,35,36). The van der Waals surface area contributed by atoms with Crippen LogP contribution in [0.4, 0.5) is 16.2 Å². The first-order valence-electron chi connectivity index (χ1n) is 12.7. The molecule has 0 saturated heterocycles. The van der Waals surface area contributed by atoms with Crippen LogP contribution in [0.15, 0.2) is 83.9 Å². The number of ketones is 1. The number of tetrazole rings is 1. The highest BCUT2D eigenvalue weighted by Crippen LogP contribution is 2.29. The van der Waals surface area contributed by atoms with E-state index in [0.29, 0.717) is 34.0 Å². The Morgan fingerprint density at radius 2 is 1.68 bits per heavy atom. The van der Waals surface area contributed by atoms with Crippen molar-refractivity contribution in [2.75, 3.05) is 16.8 Å². The van der Waals surface area contributed by atoms with Gasteiger partial charge in [0.25, 0.3) is 5.91 Å². The van der Waals surface area contributed by atoms with Crippen molar-refractivity contribution in [3.05, 3.63) is 90.0 Å². The van der Waals surface area contributed by atoms with E-state index < -0.39 is 23.5 Å². The van der Waals surface area contributed by atoms with Gasteiger partial charge in [0.05, 0.1) is 17.9 Å². The number of carbonyl (C=O) groups excluding carboxylic acids is 3. The van der Waals surface area contributed by atoms with Crippen LogP contribution in [0.2, 0.25) is 0 Å². The number of benzene rings is 3. The maximum Gasteiger partial charge on any atom is 0.321 e. The molecule has 11 nitrogen and oxygen atoms in total. The van der Waals surface area contributed by atoms with Gasteiger partial charge in [0, 0.05) is 27.8 Å². The summed E-state index contributed by atoms with van der Waals surface area (Å²) in [5.41, 5.74) is 2.98. The van der Waals surface area contributed by atoms with Crippen LogP contribution in [0, 0.1) is 5.41 Å². The largest absolute Gasteiger partial charge is 0.321 e. The van der Waals surface area contributed by atoms with Crippen molar-refractivity contribution in [1.29, 1.82) is 0 Å². The summed E-state index contributed by atoms with van der Waals surface area (Å²) in [6.45, 7) is 5.26. The number of anilines is 2. The van der Waals surface area contributed by atoms with E-state index in [-0.39, 0.29) is 12.3 Å². The molecular formula is C29H28N8O3. The number of hydrogen-bond donors (Lipinski definition) is 3.